The first-order valence-electron chi connectivity index (χ1n) is 5.42. The van der Waals surface area contributed by atoms with E-state index in [9.17, 15) is 0 Å². The van der Waals surface area contributed by atoms with Crippen LogP contribution in [0.4, 0.5) is 0 Å². The zero-order valence-electron chi connectivity index (χ0n) is 9.26. The number of aromatic amines is 1. The third-order valence-electron chi connectivity index (χ3n) is 2.79. The molecular formula is C12H15N3S. The largest absolute Gasteiger partial charge is 0.307 e. The van der Waals surface area contributed by atoms with Gasteiger partial charge in [0, 0.05) is 6.54 Å². The minimum Gasteiger partial charge on any atom is -0.307 e. The van der Waals surface area contributed by atoms with Crippen LogP contribution in [0.5, 0.6) is 0 Å². The molecule has 1 aromatic heterocycles. The van der Waals surface area contributed by atoms with Crippen LogP contribution >= 0.6 is 12.2 Å². The van der Waals surface area contributed by atoms with Crippen molar-refractivity contribution in [3.05, 3.63) is 47.0 Å². The molecule has 1 heterocycles. The van der Waals surface area contributed by atoms with Gasteiger partial charge in [-0.15, -0.1) is 0 Å². The van der Waals surface area contributed by atoms with Crippen LogP contribution in [0, 0.1) is 4.77 Å². The van der Waals surface area contributed by atoms with E-state index in [2.05, 4.69) is 41.4 Å². The second-order valence-electron chi connectivity index (χ2n) is 3.96. The van der Waals surface area contributed by atoms with Crippen LogP contribution in [-0.4, -0.2) is 14.8 Å². The molecule has 0 radical (unpaired) electrons. The number of nitrogens with one attached hydrogen (secondary N) is 1. The molecule has 16 heavy (non-hydrogen) atoms. The molecule has 4 heteroatoms. The maximum atomic E-state index is 5.10. The van der Waals surface area contributed by atoms with Crippen molar-refractivity contribution in [3.63, 3.8) is 0 Å². The first-order valence-corrected chi connectivity index (χ1v) is 5.83. The Hall–Kier alpha value is -1.42. The molecule has 0 bridgehead atoms. The highest BCUT2D eigenvalue weighted by atomic mass is 32.1. The number of hydrogen-bond donors (Lipinski definition) is 1. The number of rotatable bonds is 4. The van der Waals surface area contributed by atoms with E-state index in [1.165, 1.54) is 5.56 Å². The minimum absolute atomic E-state index is 0.540. The van der Waals surface area contributed by atoms with Crippen molar-refractivity contribution in [2.45, 2.75) is 25.8 Å². The molecule has 0 fully saturated rings. The van der Waals surface area contributed by atoms with Crippen LogP contribution in [0.3, 0.4) is 0 Å². The van der Waals surface area contributed by atoms with Gasteiger partial charge in [0.2, 0.25) is 0 Å². The molecule has 0 saturated heterocycles. The Kier molecular flexibility index (Phi) is 3.51. The highest BCUT2D eigenvalue weighted by molar-refractivity contribution is 7.71. The first-order chi connectivity index (χ1) is 7.77. The molecule has 1 N–H and O–H groups in total. The number of benzene rings is 1. The normalized spacial score (nSPS) is 12.6. The predicted molar refractivity (Wildman–Crippen MR) is 66.9 cm³/mol. The molecule has 0 aliphatic rings. The van der Waals surface area contributed by atoms with Gasteiger partial charge in [-0.1, -0.05) is 37.3 Å². The minimum atomic E-state index is 0.540. The summed E-state index contributed by atoms with van der Waals surface area (Å²) < 4.78 is 2.66. The van der Waals surface area contributed by atoms with Crippen molar-refractivity contribution in [2.24, 2.45) is 0 Å². The van der Waals surface area contributed by atoms with Crippen molar-refractivity contribution in [1.29, 1.82) is 0 Å². The maximum absolute atomic E-state index is 5.10. The fraction of sp³-hybridized carbons (Fsp3) is 0.333. The van der Waals surface area contributed by atoms with Gasteiger partial charge in [0.05, 0.1) is 0 Å². The second kappa shape index (κ2) is 5.07. The third kappa shape index (κ3) is 2.58. The molecule has 2 aromatic rings. The second-order valence-corrected chi connectivity index (χ2v) is 4.34. The van der Waals surface area contributed by atoms with Gasteiger partial charge in [0.1, 0.15) is 6.33 Å². The molecule has 0 saturated carbocycles. The quantitative estimate of drug-likeness (QED) is 0.823. The predicted octanol–water partition coefficient (Wildman–Crippen LogP) is 3.13. The average Bonchev–Trinajstić information content (AvgIpc) is 2.73. The Labute approximate surface area is 100 Å². The summed E-state index contributed by atoms with van der Waals surface area (Å²) in [7, 11) is 0. The van der Waals surface area contributed by atoms with Gasteiger partial charge in [-0.05, 0) is 30.1 Å². The molecule has 84 valence electrons. The molecule has 0 amide bonds. The van der Waals surface area contributed by atoms with Gasteiger partial charge in [-0.2, -0.15) is 5.10 Å². The lowest BCUT2D eigenvalue weighted by molar-refractivity contribution is 0.571. The Morgan fingerprint density at radius 1 is 1.38 bits per heavy atom. The molecule has 1 aromatic carbocycles. The van der Waals surface area contributed by atoms with E-state index in [0.717, 1.165) is 13.0 Å². The zero-order chi connectivity index (χ0) is 11.4. The van der Waals surface area contributed by atoms with Gasteiger partial charge >= 0.3 is 0 Å². The molecular weight excluding hydrogens is 218 g/mol. The maximum Gasteiger partial charge on any atom is 0.194 e. The monoisotopic (exact) mass is 233 g/mol. The lowest BCUT2D eigenvalue weighted by Gasteiger charge is -2.11. The topological polar surface area (TPSA) is 33.6 Å². The van der Waals surface area contributed by atoms with E-state index in [-0.39, 0.29) is 0 Å². The van der Waals surface area contributed by atoms with Crippen LogP contribution < -0.4 is 0 Å². The Balaban J connectivity index is 1.97. The summed E-state index contributed by atoms with van der Waals surface area (Å²) >= 11 is 5.10. The Morgan fingerprint density at radius 3 is 2.75 bits per heavy atom. The summed E-state index contributed by atoms with van der Waals surface area (Å²) in [5.41, 5.74) is 1.37. The van der Waals surface area contributed by atoms with Crippen LogP contribution in [0.25, 0.3) is 0 Å². The van der Waals surface area contributed by atoms with Gasteiger partial charge in [-0.25, -0.2) is 0 Å². The summed E-state index contributed by atoms with van der Waals surface area (Å²) in [5.74, 6) is 0.540. The van der Waals surface area contributed by atoms with Crippen LogP contribution in [0.15, 0.2) is 36.7 Å². The molecule has 3 nitrogen and oxygen atoms in total. The first kappa shape index (κ1) is 11.1. The van der Waals surface area contributed by atoms with Crippen molar-refractivity contribution in [2.75, 3.05) is 0 Å². The SMILES string of the molecule is CC(CCn1cn[nH]c1=S)c1ccccc1. The number of nitrogens with zero attached hydrogens (tertiary/aromatic N) is 2. The molecule has 0 aliphatic carbocycles. The summed E-state index contributed by atoms with van der Waals surface area (Å²) in [5, 5.41) is 6.67. The average molecular weight is 233 g/mol. The van der Waals surface area contributed by atoms with Crippen molar-refractivity contribution in [3.8, 4) is 0 Å². The zero-order valence-corrected chi connectivity index (χ0v) is 10.1. The highest BCUT2D eigenvalue weighted by Crippen LogP contribution is 2.18. The van der Waals surface area contributed by atoms with Crippen molar-refractivity contribution < 1.29 is 0 Å². The lowest BCUT2D eigenvalue weighted by atomic mass is 9.98. The van der Waals surface area contributed by atoms with Crippen molar-refractivity contribution in [1.82, 2.24) is 14.8 Å². The van der Waals surface area contributed by atoms with E-state index in [1.807, 2.05) is 10.6 Å². The smallest absolute Gasteiger partial charge is 0.194 e. The van der Waals surface area contributed by atoms with E-state index >= 15 is 0 Å². The lowest BCUT2D eigenvalue weighted by Crippen LogP contribution is -2.02. The summed E-state index contributed by atoms with van der Waals surface area (Å²) in [6.45, 7) is 3.14. The Bertz CT molecular complexity index is 486. The van der Waals surface area contributed by atoms with Gasteiger partial charge in [-0.3, -0.25) is 5.10 Å². The van der Waals surface area contributed by atoms with Crippen molar-refractivity contribution >= 4 is 12.2 Å². The molecule has 1 atom stereocenters. The fourth-order valence-corrected chi connectivity index (χ4v) is 1.90. The summed E-state index contributed by atoms with van der Waals surface area (Å²) in [6, 6.07) is 10.5. The van der Waals surface area contributed by atoms with E-state index in [4.69, 9.17) is 12.2 Å². The Morgan fingerprint density at radius 2 is 2.12 bits per heavy atom. The van der Waals surface area contributed by atoms with Crippen LogP contribution in [0.1, 0.15) is 24.8 Å². The van der Waals surface area contributed by atoms with Gasteiger partial charge in [0.15, 0.2) is 4.77 Å². The standard InChI is InChI=1S/C12H15N3S/c1-10(11-5-3-2-4-6-11)7-8-15-9-13-14-12(15)16/h2-6,9-10H,7-8H2,1H3,(H,14,16). The fourth-order valence-electron chi connectivity index (χ4n) is 1.71. The molecule has 0 aliphatic heterocycles. The van der Waals surface area contributed by atoms with Crippen LogP contribution in [-0.2, 0) is 6.54 Å². The highest BCUT2D eigenvalue weighted by Gasteiger charge is 2.05. The van der Waals surface area contributed by atoms with Crippen LogP contribution in [0.2, 0.25) is 0 Å². The number of aromatic nitrogens is 3. The van der Waals surface area contributed by atoms with Gasteiger partial charge < -0.3 is 4.57 Å². The molecule has 1 unspecified atom stereocenters. The number of aryl methyl sites for hydroxylation is 1. The van der Waals surface area contributed by atoms with E-state index in [0.29, 0.717) is 10.7 Å². The summed E-state index contributed by atoms with van der Waals surface area (Å²) in [4.78, 5) is 0. The molecule has 0 spiro atoms. The van der Waals surface area contributed by atoms with E-state index < -0.39 is 0 Å². The van der Waals surface area contributed by atoms with E-state index in [1.54, 1.807) is 6.33 Å². The number of H-pyrrole nitrogens is 1. The molecule has 2 rings (SSSR count). The summed E-state index contributed by atoms with van der Waals surface area (Å²) in [6.07, 6.45) is 2.82. The third-order valence-corrected chi connectivity index (χ3v) is 3.12. The number of hydrogen-bond acceptors (Lipinski definition) is 2. The van der Waals surface area contributed by atoms with Gasteiger partial charge in [0.25, 0.3) is 0 Å².